The van der Waals surface area contributed by atoms with Crippen molar-refractivity contribution < 1.29 is 32.2 Å². The van der Waals surface area contributed by atoms with Gasteiger partial charge in [0.1, 0.15) is 6.26 Å². The molecule has 0 aromatic carbocycles. The summed E-state index contributed by atoms with van der Waals surface area (Å²) in [7, 11) is 0. The molecular formula is C13H9F3N6O4. The molecule has 2 aromatic rings. The lowest BCUT2D eigenvalue weighted by Crippen LogP contribution is -2.31. The highest BCUT2D eigenvalue weighted by Gasteiger charge is 2.34. The largest absolute Gasteiger partial charge is 0.476 e. The number of carboxylic acid groups (broad SMARTS) is 1. The van der Waals surface area contributed by atoms with E-state index in [4.69, 9.17) is 21.4 Å². The SMILES string of the molecule is NN/C(Oc1cnc(C#Cc2nc(C(F)(F)F)co2)nc1)=C(\N)C(=O)O. The molecule has 0 aliphatic heterocycles. The van der Waals surface area contributed by atoms with Gasteiger partial charge in [0, 0.05) is 5.92 Å². The maximum Gasteiger partial charge on any atom is 0.436 e. The molecule has 0 saturated heterocycles. The van der Waals surface area contributed by atoms with Crippen molar-refractivity contribution in [3.63, 3.8) is 0 Å². The summed E-state index contributed by atoms with van der Waals surface area (Å²) in [5.41, 5.74) is 5.32. The zero-order valence-electron chi connectivity index (χ0n) is 12.5. The number of hydrazine groups is 1. The third kappa shape index (κ3) is 4.61. The fraction of sp³-hybridized carbons (Fsp3) is 0.0769. The van der Waals surface area contributed by atoms with Crippen LogP contribution in [-0.2, 0) is 11.0 Å². The number of aliphatic carboxylic acids is 1. The van der Waals surface area contributed by atoms with Crippen LogP contribution in [-0.4, -0.2) is 26.0 Å². The molecule has 6 N–H and O–H groups in total. The Morgan fingerprint density at radius 2 is 1.96 bits per heavy atom. The highest BCUT2D eigenvalue weighted by atomic mass is 19.4. The Labute approximate surface area is 142 Å². The van der Waals surface area contributed by atoms with Crippen LogP contribution in [0.5, 0.6) is 5.75 Å². The lowest BCUT2D eigenvalue weighted by molar-refractivity contribution is -0.141. The molecule has 136 valence electrons. The first-order valence-electron chi connectivity index (χ1n) is 6.45. The molecule has 0 atom stereocenters. The number of nitrogens with two attached hydrogens (primary N) is 2. The van der Waals surface area contributed by atoms with E-state index in [-0.39, 0.29) is 11.6 Å². The summed E-state index contributed by atoms with van der Waals surface area (Å²) in [5, 5.41) is 8.74. The summed E-state index contributed by atoms with van der Waals surface area (Å²) in [6.07, 6.45) is -1.98. The van der Waals surface area contributed by atoms with Gasteiger partial charge in [-0.2, -0.15) is 18.2 Å². The molecule has 2 heterocycles. The van der Waals surface area contributed by atoms with Crippen LogP contribution in [0.4, 0.5) is 13.2 Å². The van der Waals surface area contributed by atoms with Gasteiger partial charge in [-0.3, -0.25) is 5.43 Å². The zero-order valence-corrected chi connectivity index (χ0v) is 12.5. The first kappa shape index (κ1) is 18.5. The Morgan fingerprint density at radius 3 is 2.46 bits per heavy atom. The summed E-state index contributed by atoms with van der Waals surface area (Å²) in [4.78, 5) is 21.4. The van der Waals surface area contributed by atoms with E-state index in [2.05, 4.69) is 31.2 Å². The molecule has 10 nitrogen and oxygen atoms in total. The summed E-state index contributed by atoms with van der Waals surface area (Å²) >= 11 is 0. The number of nitrogens with one attached hydrogen (secondary N) is 1. The van der Waals surface area contributed by atoms with Crippen LogP contribution in [0, 0.1) is 11.8 Å². The van der Waals surface area contributed by atoms with E-state index >= 15 is 0 Å². The van der Waals surface area contributed by atoms with Crippen molar-refractivity contribution in [2.45, 2.75) is 6.18 Å². The van der Waals surface area contributed by atoms with E-state index in [0.717, 1.165) is 12.4 Å². The van der Waals surface area contributed by atoms with Crippen LogP contribution < -0.4 is 21.7 Å². The summed E-state index contributed by atoms with van der Waals surface area (Å²) in [6, 6.07) is 0. The Hall–Kier alpha value is -3.79. The van der Waals surface area contributed by atoms with E-state index in [1.807, 2.05) is 5.43 Å². The van der Waals surface area contributed by atoms with Crippen molar-refractivity contribution in [3.8, 4) is 17.6 Å². The predicted molar refractivity (Wildman–Crippen MR) is 76.3 cm³/mol. The number of aromatic nitrogens is 3. The van der Waals surface area contributed by atoms with Gasteiger partial charge >= 0.3 is 12.1 Å². The number of rotatable bonds is 4. The highest BCUT2D eigenvalue weighted by Crippen LogP contribution is 2.27. The molecule has 0 amide bonds. The van der Waals surface area contributed by atoms with Crippen LogP contribution in [0.2, 0.25) is 0 Å². The van der Waals surface area contributed by atoms with E-state index in [9.17, 15) is 18.0 Å². The number of alkyl halides is 3. The Balaban J connectivity index is 2.12. The van der Waals surface area contributed by atoms with Gasteiger partial charge in [0.05, 0.1) is 12.4 Å². The van der Waals surface area contributed by atoms with Crippen LogP contribution in [0.15, 0.2) is 34.7 Å². The molecule has 0 fully saturated rings. The number of carboxylic acids is 1. The van der Waals surface area contributed by atoms with Gasteiger partial charge in [0.2, 0.25) is 11.7 Å². The number of oxazole rings is 1. The fourth-order valence-corrected chi connectivity index (χ4v) is 1.38. The molecule has 0 spiro atoms. The summed E-state index contributed by atoms with van der Waals surface area (Å²) in [6.45, 7) is 0. The molecule has 0 bridgehead atoms. The quantitative estimate of drug-likeness (QED) is 0.188. The maximum absolute atomic E-state index is 12.4. The Morgan fingerprint density at radius 1 is 1.31 bits per heavy atom. The number of ether oxygens (including phenoxy) is 1. The van der Waals surface area contributed by atoms with Crippen LogP contribution >= 0.6 is 0 Å². The van der Waals surface area contributed by atoms with E-state index in [1.165, 1.54) is 0 Å². The average molecular weight is 370 g/mol. The molecule has 2 aromatic heterocycles. The number of hydrogen-bond donors (Lipinski definition) is 4. The molecule has 2 rings (SSSR count). The molecule has 13 heteroatoms. The highest BCUT2D eigenvalue weighted by molar-refractivity contribution is 5.85. The van der Waals surface area contributed by atoms with Gasteiger partial charge in [0.25, 0.3) is 5.89 Å². The third-order valence-corrected chi connectivity index (χ3v) is 2.53. The van der Waals surface area contributed by atoms with Gasteiger partial charge in [-0.25, -0.2) is 20.6 Å². The van der Waals surface area contributed by atoms with Gasteiger partial charge in [-0.05, 0) is 5.92 Å². The van der Waals surface area contributed by atoms with Crippen LogP contribution in [0.3, 0.4) is 0 Å². The summed E-state index contributed by atoms with van der Waals surface area (Å²) in [5.74, 6) is 7.18. The van der Waals surface area contributed by atoms with Crippen molar-refractivity contribution in [2.75, 3.05) is 0 Å². The van der Waals surface area contributed by atoms with Gasteiger partial charge in [-0.1, -0.05) is 0 Å². The van der Waals surface area contributed by atoms with Gasteiger partial charge in [0.15, 0.2) is 17.1 Å². The average Bonchev–Trinajstić information content (AvgIpc) is 3.07. The van der Waals surface area contributed by atoms with Gasteiger partial charge < -0.3 is 20.0 Å². The van der Waals surface area contributed by atoms with Crippen molar-refractivity contribution in [2.24, 2.45) is 11.6 Å². The maximum atomic E-state index is 12.4. The second-order valence-corrected chi connectivity index (χ2v) is 4.32. The fourth-order valence-electron chi connectivity index (χ4n) is 1.38. The minimum atomic E-state index is -4.64. The monoisotopic (exact) mass is 370 g/mol. The van der Waals surface area contributed by atoms with E-state index in [1.54, 1.807) is 0 Å². The molecule has 0 saturated carbocycles. The first-order valence-corrected chi connectivity index (χ1v) is 6.45. The molecule has 0 aliphatic carbocycles. The van der Waals surface area contributed by atoms with E-state index < -0.39 is 35.3 Å². The molecule has 26 heavy (non-hydrogen) atoms. The van der Waals surface area contributed by atoms with Crippen molar-refractivity contribution in [1.82, 2.24) is 20.4 Å². The Bertz CT molecular complexity index is 895. The minimum absolute atomic E-state index is 0.0248. The van der Waals surface area contributed by atoms with Crippen LogP contribution in [0.25, 0.3) is 0 Å². The van der Waals surface area contributed by atoms with Crippen molar-refractivity contribution in [1.29, 1.82) is 0 Å². The van der Waals surface area contributed by atoms with Crippen molar-refractivity contribution in [3.05, 3.63) is 47.6 Å². The molecule has 0 unspecified atom stereocenters. The third-order valence-electron chi connectivity index (χ3n) is 2.53. The lowest BCUT2D eigenvalue weighted by Gasteiger charge is -2.09. The summed E-state index contributed by atoms with van der Waals surface area (Å²) < 4.78 is 46.8. The molecular weight excluding hydrogens is 361 g/mol. The second kappa shape index (κ2) is 7.40. The predicted octanol–water partition coefficient (Wildman–Crippen LogP) is -0.0623. The zero-order chi connectivity index (χ0) is 19.3. The number of nitrogens with zero attached hydrogens (tertiary/aromatic N) is 3. The van der Waals surface area contributed by atoms with Gasteiger partial charge in [-0.15, -0.1) is 0 Å². The lowest BCUT2D eigenvalue weighted by atomic mass is 10.4. The normalized spacial score (nSPS) is 11.8. The van der Waals surface area contributed by atoms with E-state index in [0.29, 0.717) is 6.26 Å². The second-order valence-electron chi connectivity index (χ2n) is 4.32. The number of carbonyl (C=O) groups is 1. The minimum Gasteiger partial charge on any atom is -0.476 e. The smallest absolute Gasteiger partial charge is 0.436 e. The Kier molecular flexibility index (Phi) is 5.28. The number of hydrogen-bond acceptors (Lipinski definition) is 9. The number of halogens is 3. The topological polar surface area (TPSA) is 162 Å². The van der Waals surface area contributed by atoms with Crippen molar-refractivity contribution >= 4 is 5.97 Å². The molecule has 0 radical (unpaired) electrons. The molecule has 0 aliphatic rings. The van der Waals surface area contributed by atoms with Crippen LogP contribution in [0.1, 0.15) is 17.4 Å². The standard InChI is InChI=1S/C13H9F3N6O4/c14-13(15,16)7-5-25-9(21-7)2-1-8-19-3-6(4-20-8)26-11(22-18)10(17)12(23)24/h3-5,22H,17-18H2,(H,23,24)/b11-10+. The first-order chi connectivity index (χ1) is 12.2.